The van der Waals surface area contributed by atoms with Gasteiger partial charge in [0.25, 0.3) is 0 Å². The molecule has 3 saturated carbocycles. The third-order valence-corrected chi connectivity index (χ3v) is 6.84. The SMILES string of the molecule is COC1(OC)[C@@]2(Cl)C(=O)C(=O)[C@]1(Cl)[C@@H]1CCCCC[C@@H]12. The molecule has 0 aromatic rings. The van der Waals surface area contributed by atoms with Gasteiger partial charge in [-0.2, -0.15) is 0 Å². The van der Waals surface area contributed by atoms with Crippen LogP contribution in [0, 0.1) is 11.8 Å². The molecule has 0 amide bonds. The van der Waals surface area contributed by atoms with Crippen molar-refractivity contribution in [2.45, 2.75) is 47.6 Å². The van der Waals surface area contributed by atoms with Gasteiger partial charge < -0.3 is 9.47 Å². The van der Waals surface area contributed by atoms with Gasteiger partial charge in [-0.05, 0) is 24.7 Å². The van der Waals surface area contributed by atoms with Gasteiger partial charge >= 0.3 is 0 Å². The van der Waals surface area contributed by atoms with E-state index in [1.807, 2.05) is 0 Å². The molecule has 3 aliphatic rings. The number of rotatable bonds is 2. The Balaban J connectivity index is 2.25. The van der Waals surface area contributed by atoms with Gasteiger partial charge in [0.15, 0.2) is 9.75 Å². The van der Waals surface area contributed by atoms with E-state index in [2.05, 4.69) is 0 Å². The number of ketones is 2. The van der Waals surface area contributed by atoms with Gasteiger partial charge in [0.1, 0.15) is 0 Å². The van der Waals surface area contributed by atoms with Gasteiger partial charge in [0, 0.05) is 14.2 Å². The molecule has 2 bridgehead atoms. The van der Waals surface area contributed by atoms with E-state index >= 15 is 0 Å². The number of hydrogen-bond donors (Lipinski definition) is 0. The summed E-state index contributed by atoms with van der Waals surface area (Å²) in [5.41, 5.74) is 0. The van der Waals surface area contributed by atoms with Crippen molar-refractivity contribution in [1.29, 1.82) is 0 Å². The van der Waals surface area contributed by atoms with Gasteiger partial charge in [-0.15, -0.1) is 23.2 Å². The number of hydrogen-bond acceptors (Lipinski definition) is 4. The standard InChI is InChI=1S/C14H18Cl2O4/c1-19-14(20-2)12(15)8-6-4-3-5-7-9(8)13(14,16)11(18)10(12)17/h8-9H,3-7H2,1-2H3/t8-,9+,12-,13+. The van der Waals surface area contributed by atoms with Crippen LogP contribution in [0.4, 0.5) is 0 Å². The first kappa shape index (κ1) is 14.8. The van der Waals surface area contributed by atoms with Crippen LogP contribution in [-0.2, 0) is 19.1 Å². The minimum Gasteiger partial charge on any atom is -0.349 e. The summed E-state index contributed by atoms with van der Waals surface area (Å²) in [6.45, 7) is 0. The molecular weight excluding hydrogens is 303 g/mol. The second kappa shape index (κ2) is 4.42. The number of ether oxygens (including phenoxy) is 2. The highest BCUT2D eigenvalue weighted by Gasteiger charge is 2.88. The Morgan fingerprint density at radius 1 is 0.900 bits per heavy atom. The first-order valence-corrected chi connectivity index (χ1v) is 7.74. The minimum atomic E-state index is -1.57. The summed E-state index contributed by atoms with van der Waals surface area (Å²) < 4.78 is 11.0. The van der Waals surface area contributed by atoms with E-state index in [9.17, 15) is 9.59 Å². The van der Waals surface area contributed by atoms with Gasteiger partial charge in [-0.1, -0.05) is 19.3 Å². The summed E-state index contributed by atoms with van der Waals surface area (Å²) >= 11 is 13.4. The lowest BCUT2D eigenvalue weighted by atomic mass is 9.74. The number of alkyl halides is 2. The molecule has 6 heteroatoms. The predicted octanol–water partition coefficient (Wildman–Crippen LogP) is 2.29. The van der Waals surface area contributed by atoms with Crippen LogP contribution >= 0.6 is 23.2 Å². The molecule has 0 unspecified atom stereocenters. The number of carbonyl (C=O) groups is 2. The molecule has 3 fully saturated rings. The van der Waals surface area contributed by atoms with Crippen LogP contribution < -0.4 is 0 Å². The van der Waals surface area contributed by atoms with E-state index in [1.165, 1.54) is 14.2 Å². The number of halogens is 2. The Labute approximate surface area is 128 Å². The van der Waals surface area contributed by atoms with Crippen LogP contribution in [0.5, 0.6) is 0 Å². The largest absolute Gasteiger partial charge is 0.349 e. The maximum Gasteiger partial charge on any atom is 0.227 e. The fourth-order valence-electron chi connectivity index (χ4n) is 4.66. The smallest absolute Gasteiger partial charge is 0.227 e. The zero-order valence-electron chi connectivity index (χ0n) is 11.6. The number of Topliss-reactive ketones (excluding diaryl/α,β-unsaturated/α-hetero) is 2. The maximum absolute atomic E-state index is 12.5. The summed E-state index contributed by atoms with van der Waals surface area (Å²) in [6.07, 6.45) is 4.58. The van der Waals surface area contributed by atoms with Crippen molar-refractivity contribution in [3.05, 3.63) is 0 Å². The maximum atomic E-state index is 12.5. The summed E-state index contributed by atoms with van der Waals surface area (Å²) in [4.78, 5) is 21.9. The molecule has 112 valence electrons. The quantitative estimate of drug-likeness (QED) is 0.445. The molecule has 0 aromatic carbocycles. The van der Waals surface area contributed by atoms with E-state index in [1.54, 1.807) is 0 Å². The second-order valence-corrected chi connectivity index (χ2v) is 7.15. The molecule has 0 radical (unpaired) electrons. The van der Waals surface area contributed by atoms with E-state index in [4.69, 9.17) is 32.7 Å². The molecule has 0 aromatic heterocycles. The molecule has 0 heterocycles. The van der Waals surface area contributed by atoms with Crippen LogP contribution in [0.15, 0.2) is 0 Å². The van der Waals surface area contributed by atoms with Crippen molar-refractivity contribution < 1.29 is 19.1 Å². The third-order valence-electron chi connectivity index (χ3n) is 5.44. The molecule has 20 heavy (non-hydrogen) atoms. The van der Waals surface area contributed by atoms with E-state index < -0.39 is 27.1 Å². The van der Waals surface area contributed by atoms with Crippen molar-refractivity contribution in [2.75, 3.05) is 14.2 Å². The first-order valence-electron chi connectivity index (χ1n) is 6.99. The van der Waals surface area contributed by atoms with Crippen LogP contribution in [-0.4, -0.2) is 41.3 Å². The summed E-state index contributed by atoms with van der Waals surface area (Å²) in [5, 5.41) is 0. The van der Waals surface area contributed by atoms with Crippen molar-refractivity contribution in [3.63, 3.8) is 0 Å². The lowest BCUT2D eigenvalue weighted by molar-refractivity contribution is -0.222. The molecular formula is C14H18Cl2O4. The second-order valence-electron chi connectivity index (χ2n) is 5.96. The lowest BCUT2D eigenvalue weighted by Crippen LogP contribution is -2.57. The van der Waals surface area contributed by atoms with Crippen molar-refractivity contribution in [1.82, 2.24) is 0 Å². The summed E-state index contributed by atoms with van der Waals surface area (Å²) in [7, 11) is 2.80. The first-order chi connectivity index (χ1) is 9.41. The molecule has 4 atom stereocenters. The zero-order chi connectivity index (χ0) is 14.8. The molecule has 0 spiro atoms. The Morgan fingerprint density at radius 2 is 1.30 bits per heavy atom. The molecule has 3 rings (SSSR count). The average Bonchev–Trinajstić information content (AvgIpc) is 2.68. The number of methoxy groups -OCH3 is 2. The highest BCUT2D eigenvalue weighted by atomic mass is 35.5. The van der Waals surface area contributed by atoms with Crippen LogP contribution in [0.2, 0.25) is 0 Å². The molecule has 3 aliphatic carbocycles. The number of carbonyl (C=O) groups excluding carboxylic acids is 2. The zero-order valence-corrected chi connectivity index (χ0v) is 13.1. The van der Waals surface area contributed by atoms with Crippen molar-refractivity contribution >= 4 is 34.8 Å². The highest BCUT2D eigenvalue weighted by Crippen LogP contribution is 2.69. The van der Waals surface area contributed by atoms with Crippen molar-refractivity contribution in [2.24, 2.45) is 11.8 Å². The summed E-state index contributed by atoms with van der Waals surface area (Å²) in [5.74, 6) is -3.21. The third kappa shape index (κ3) is 1.24. The monoisotopic (exact) mass is 320 g/mol. The van der Waals surface area contributed by atoms with E-state index in [-0.39, 0.29) is 11.8 Å². The van der Waals surface area contributed by atoms with Crippen molar-refractivity contribution in [3.8, 4) is 0 Å². The Hall–Kier alpha value is -0.160. The summed E-state index contributed by atoms with van der Waals surface area (Å²) in [6, 6.07) is 0. The topological polar surface area (TPSA) is 52.6 Å². The molecule has 0 aliphatic heterocycles. The fraction of sp³-hybridized carbons (Fsp3) is 0.857. The Morgan fingerprint density at radius 3 is 1.65 bits per heavy atom. The molecule has 0 saturated heterocycles. The predicted molar refractivity (Wildman–Crippen MR) is 74.0 cm³/mol. The normalized spacial score (nSPS) is 46.4. The molecule has 0 N–H and O–H groups in total. The fourth-order valence-corrected chi connectivity index (χ4v) is 6.01. The van der Waals surface area contributed by atoms with Gasteiger partial charge in [-0.3, -0.25) is 9.59 Å². The van der Waals surface area contributed by atoms with Crippen LogP contribution in [0.3, 0.4) is 0 Å². The number of fused-ring (bicyclic) bond motifs is 5. The minimum absolute atomic E-state index is 0.172. The Kier molecular flexibility index (Phi) is 3.26. The van der Waals surface area contributed by atoms with Crippen LogP contribution in [0.25, 0.3) is 0 Å². The lowest BCUT2D eigenvalue weighted by Gasteiger charge is -2.38. The van der Waals surface area contributed by atoms with Crippen LogP contribution in [0.1, 0.15) is 32.1 Å². The van der Waals surface area contributed by atoms with E-state index in [0.717, 1.165) is 32.1 Å². The van der Waals surface area contributed by atoms with E-state index in [0.29, 0.717) is 0 Å². The van der Waals surface area contributed by atoms with Gasteiger partial charge in [0.2, 0.25) is 17.4 Å². The highest BCUT2D eigenvalue weighted by molar-refractivity contribution is 6.66. The molecule has 4 nitrogen and oxygen atoms in total. The Bertz CT molecular complexity index is 438. The average molecular weight is 321 g/mol. The van der Waals surface area contributed by atoms with Gasteiger partial charge in [-0.25, -0.2) is 0 Å². The van der Waals surface area contributed by atoms with Gasteiger partial charge in [0.05, 0.1) is 0 Å².